The van der Waals surface area contributed by atoms with E-state index in [2.05, 4.69) is 10.6 Å². The number of rotatable bonds is 5. The van der Waals surface area contributed by atoms with E-state index in [1.807, 2.05) is 24.3 Å². The molecule has 0 saturated heterocycles. The minimum Gasteiger partial charge on any atom is -0.497 e. The number of carbonyl (C=O) groups excluding carboxylic acids is 3. The van der Waals surface area contributed by atoms with Gasteiger partial charge in [-0.25, -0.2) is 4.79 Å². The van der Waals surface area contributed by atoms with E-state index in [4.69, 9.17) is 4.74 Å². The quantitative estimate of drug-likeness (QED) is 0.735. The van der Waals surface area contributed by atoms with Crippen LogP contribution in [0, 0.1) is 0 Å². The highest BCUT2D eigenvalue weighted by Crippen LogP contribution is 2.32. The summed E-state index contributed by atoms with van der Waals surface area (Å²) in [7, 11) is 1.59. The van der Waals surface area contributed by atoms with E-state index in [9.17, 15) is 14.4 Å². The van der Waals surface area contributed by atoms with Crippen LogP contribution in [0.1, 0.15) is 58.4 Å². The monoisotopic (exact) mass is 407 g/mol. The van der Waals surface area contributed by atoms with Gasteiger partial charge in [0.2, 0.25) is 0 Å². The molecule has 2 aromatic carbocycles. The summed E-state index contributed by atoms with van der Waals surface area (Å²) in [6.07, 6.45) is 4.96. The molecule has 0 aromatic heterocycles. The third kappa shape index (κ3) is 4.01. The fourth-order valence-corrected chi connectivity index (χ4v) is 4.15. The first-order chi connectivity index (χ1) is 14.6. The molecule has 156 valence electrons. The first kappa shape index (κ1) is 19.9. The number of carbonyl (C=O) groups is 3. The Hall–Kier alpha value is -3.35. The Morgan fingerprint density at radius 2 is 1.80 bits per heavy atom. The Morgan fingerprint density at radius 1 is 1.03 bits per heavy atom. The van der Waals surface area contributed by atoms with Gasteiger partial charge in [-0.3, -0.25) is 14.5 Å². The summed E-state index contributed by atoms with van der Waals surface area (Å²) < 4.78 is 5.18. The third-order valence-corrected chi connectivity index (χ3v) is 5.70. The number of ether oxygens (including phenoxy) is 1. The van der Waals surface area contributed by atoms with Crippen LogP contribution >= 0.6 is 0 Å². The van der Waals surface area contributed by atoms with Gasteiger partial charge in [-0.2, -0.15) is 0 Å². The third-order valence-electron chi connectivity index (χ3n) is 5.70. The largest absolute Gasteiger partial charge is 0.497 e. The Morgan fingerprint density at radius 3 is 2.57 bits per heavy atom. The van der Waals surface area contributed by atoms with Gasteiger partial charge >= 0.3 is 6.03 Å². The summed E-state index contributed by atoms with van der Waals surface area (Å²) in [5.41, 5.74) is 2.15. The number of nitrogens with zero attached hydrogens (tertiary/aromatic N) is 1. The van der Waals surface area contributed by atoms with Crippen molar-refractivity contribution in [3.05, 3.63) is 59.2 Å². The van der Waals surface area contributed by atoms with Gasteiger partial charge in [0, 0.05) is 18.3 Å². The molecule has 1 aliphatic carbocycles. The van der Waals surface area contributed by atoms with Crippen molar-refractivity contribution >= 4 is 23.5 Å². The van der Waals surface area contributed by atoms with Crippen molar-refractivity contribution in [2.24, 2.45) is 0 Å². The second kappa shape index (κ2) is 8.57. The summed E-state index contributed by atoms with van der Waals surface area (Å²) in [5, 5.41) is 5.52. The molecule has 0 atom stereocenters. The number of urea groups is 1. The number of hydrogen-bond donors (Lipinski definition) is 2. The number of hydrogen-bond acceptors (Lipinski definition) is 4. The molecule has 7 heteroatoms. The number of methoxy groups -OCH3 is 1. The first-order valence-corrected chi connectivity index (χ1v) is 10.3. The highest BCUT2D eigenvalue weighted by Gasteiger charge is 2.40. The zero-order valence-electron chi connectivity index (χ0n) is 16.9. The molecule has 0 bridgehead atoms. The lowest BCUT2D eigenvalue weighted by Crippen LogP contribution is -2.40. The van der Waals surface area contributed by atoms with E-state index in [0.717, 1.165) is 43.4 Å². The Kier molecular flexibility index (Phi) is 5.70. The van der Waals surface area contributed by atoms with Crippen LogP contribution < -0.4 is 15.4 Å². The van der Waals surface area contributed by atoms with Crippen LogP contribution in [0.5, 0.6) is 5.75 Å². The number of imide groups is 1. The van der Waals surface area contributed by atoms with Crippen LogP contribution in [0.4, 0.5) is 10.5 Å². The minimum absolute atomic E-state index is 0.0197. The predicted molar refractivity (Wildman–Crippen MR) is 113 cm³/mol. The maximum absolute atomic E-state index is 12.9. The fourth-order valence-electron chi connectivity index (χ4n) is 4.15. The zero-order valence-corrected chi connectivity index (χ0v) is 16.9. The molecular weight excluding hydrogens is 382 g/mol. The van der Waals surface area contributed by atoms with Gasteiger partial charge in [-0.05, 0) is 48.7 Å². The van der Waals surface area contributed by atoms with Gasteiger partial charge in [0.05, 0.1) is 18.2 Å². The van der Waals surface area contributed by atoms with E-state index >= 15 is 0 Å². The van der Waals surface area contributed by atoms with Crippen molar-refractivity contribution in [3.63, 3.8) is 0 Å². The van der Waals surface area contributed by atoms with Crippen LogP contribution in [0.2, 0.25) is 0 Å². The summed E-state index contributed by atoms with van der Waals surface area (Å²) >= 11 is 0. The lowest BCUT2D eigenvalue weighted by Gasteiger charge is -2.29. The fraction of sp³-hybridized carbons (Fsp3) is 0.348. The molecule has 0 radical (unpaired) electrons. The van der Waals surface area contributed by atoms with Crippen molar-refractivity contribution in [1.82, 2.24) is 10.2 Å². The van der Waals surface area contributed by atoms with Crippen LogP contribution in [0.3, 0.4) is 0 Å². The smallest absolute Gasteiger partial charge is 0.319 e. The molecule has 1 fully saturated rings. The average molecular weight is 407 g/mol. The van der Waals surface area contributed by atoms with E-state index in [1.165, 1.54) is 4.90 Å². The second-order valence-corrected chi connectivity index (χ2v) is 7.69. The first-order valence-electron chi connectivity index (χ1n) is 10.3. The molecule has 2 aliphatic rings. The van der Waals surface area contributed by atoms with Gasteiger partial charge < -0.3 is 15.4 Å². The molecule has 2 N–H and O–H groups in total. The molecule has 4 amide bonds. The lowest BCUT2D eigenvalue weighted by molar-refractivity contribution is 0.0549. The van der Waals surface area contributed by atoms with Gasteiger partial charge in [-0.1, -0.05) is 31.4 Å². The molecule has 4 rings (SSSR count). The van der Waals surface area contributed by atoms with Gasteiger partial charge in [-0.15, -0.1) is 0 Å². The highest BCUT2D eigenvalue weighted by atomic mass is 16.5. The Bertz CT molecular complexity index is 982. The maximum atomic E-state index is 12.9. The average Bonchev–Trinajstić information content (AvgIpc) is 3.02. The Balaban J connectivity index is 1.41. The molecule has 0 unspecified atom stereocenters. The maximum Gasteiger partial charge on any atom is 0.319 e. The van der Waals surface area contributed by atoms with Crippen molar-refractivity contribution in [2.45, 2.75) is 44.7 Å². The van der Waals surface area contributed by atoms with Crippen molar-refractivity contribution in [1.29, 1.82) is 0 Å². The Labute approximate surface area is 175 Å². The normalized spacial score (nSPS) is 16.4. The molecule has 30 heavy (non-hydrogen) atoms. The van der Waals surface area contributed by atoms with Crippen LogP contribution in [-0.2, 0) is 6.54 Å². The standard InChI is InChI=1S/C23H25N3O4/c1-30-18-9-5-6-15(12-18)14-24-23(29)25-16-10-11-19-20(13-16)22(28)26(21(19)27)17-7-3-2-4-8-17/h5-6,9-13,17H,2-4,7-8,14H2,1H3,(H2,24,25,29). The van der Waals surface area contributed by atoms with Crippen LogP contribution in [0.25, 0.3) is 0 Å². The molecule has 2 aromatic rings. The summed E-state index contributed by atoms with van der Waals surface area (Å²) in [6, 6.07) is 11.9. The summed E-state index contributed by atoms with van der Waals surface area (Å²) in [6.45, 7) is 0.334. The number of anilines is 1. The van der Waals surface area contributed by atoms with Crippen molar-refractivity contribution < 1.29 is 19.1 Å². The minimum atomic E-state index is -0.390. The lowest BCUT2D eigenvalue weighted by atomic mass is 9.94. The number of nitrogens with one attached hydrogen (secondary N) is 2. The molecule has 0 spiro atoms. The SMILES string of the molecule is COc1cccc(CNC(=O)Nc2ccc3c(c2)C(=O)N(C2CCCCC2)C3=O)c1. The topological polar surface area (TPSA) is 87.7 Å². The number of amides is 4. The summed E-state index contributed by atoms with van der Waals surface area (Å²) in [4.78, 5) is 39.3. The zero-order chi connectivity index (χ0) is 21.1. The van der Waals surface area contributed by atoms with Crippen molar-refractivity contribution in [2.75, 3.05) is 12.4 Å². The van der Waals surface area contributed by atoms with E-state index in [-0.39, 0.29) is 17.9 Å². The predicted octanol–water partition coefficient (Wildman–Crippen LogP) is 3.95. The van der Waals surface area contributed by atoms with Crippen molar-refractivity contribution in [3.8, 4) is 5.75 Å². The van der Waals surface area contributed by atoms with Gasteiger partial charge in [0.15, 0.2) is 0 Å². The van der Waals surface area contributed by atoms with Crippen LogP contribution in [-0.4, -0.2) is 35.9 Å². The number of fused-ring (bicyclic) bond motifs is 1. The molecule has 1 aliphatic heterocycles. The van der Waals surface area contributed by atoms with Crippen LogP contribution in [0.15, 0.2) is 42.5 Å². The molecule has 7 nitrogen and oxygen atoms in total. The van der Waals surface area contributed by atoms with E-state index < -0.39 is 6.03 Å². The second-order valence-electron chi connectivity index (χ2n) is 7.69. The molecular formula is C23H25N3O4. The van der Waals surface area contributed by atoms with Gasteiger partial charge in [0.25, 0.3) is 11.8 Å². The number of benzene rings is 2. The van der Waals surface area contributed by atoms with E-state index in [0.29, 0.717) is 23.4 Å². The molecule has 1 heterocycles. The molecule has 1 saturated carbocycles. The highest BCUT2D eigenvalue weighted by molar-refractivity contribution is 6.22. The summed E-state index contributed by atoms with van der Waals surface area (Å²) in [5.74, 6) is 0.234. The van der Waals surface area contributed by atoms with Gasteiger partial charge in [0.1, 0.15) is 5.75 Å². The van der Waals surface area contributed by atoms with E-state index in [1.54, 1.807) is 25.3 Å².